The van der Waals surface area contributed by atoms with E-state index in [9.17, 15) is 0 Å². The minimum absolute atomic E-state index is 0.722. The molecule has 2 nitrogen and oxygen atoms in total. The lowest BCUT2D eigenvalue weighted by molar-refractivity contribution is 0.0684. The smallest absolute Gasteiger partial charge is 0.0700 e. The highest BCUT2D eigenvalue weighted by molar-refractivity contribution is 4.62. The molecule has 0 heterocycles. The average Bonchev–Trinajstić information content (AvgIpc) is 2.95. The fourth-order valence-electron chi connectivity index (χ4n) is 6.04. The molecule has 2 heteroatoms. The van der Waals surface area contributed by atoms with E-state index in [1.54, 1.807) is 7.11 Å². The van der Waals surface area contributed by atoms with Crippen molar-refractivity contribution >= 4 is 0 Å². The first-order valence-electron chi connectivity index (χ1n) is 18.4. The highest BCUT2D eigenvalue weighted by Crippen LogP contribution is 2.24. The average molecular weight is 553 g/mol. The van der Waals surface area contributed by atoms with Crippen LogP contribution in [0.1, 0.15) is 206 Å². The minimum atomic E-state index is 0.722. The summed E-state index contributed by atoms with van der Waals surface area (Å²) in [5.41, 5.74) is 0. The first-order chi connectivity index (χ1) is 19.3. The summed E-state index contributed by atoms with van der Waals surface area (Å²) < 4.78 is 10.7. The second-order valence-corrected chi connectivity index (χ2v) is 12.7. The predicted molar refractivity (Wildman–Crippen MR) is 176 cm³/mol. The molecule has 0 amide bonds. The zero-order valence-electron chi connectivity index (χ0n) is 27.7. The van der Waals surface area contributed by atoms with E-state index in [0.717, 1.165) is 25.7 Å². The van der Waals surface area contributed by atoms with Crippen molar-refractivity contribution < 1.29 is 9.47 Å². The zero-order valence-corrected chi connectivity index (χ0v) is 27.7. The van der Waals surface area contributed by atoms with Crippen LogP contribution < -0.4 is 0 Å². The summed E-state index contributed by atoms with van der Waals surface area (Å²) in [6.07, 6.45) is 43.4. The van der Waals surface area contributed by atoms with Gasteiger partial charge in [0.1, 0.15) is 0 Å². The molecule has 0 N–H and O–H groups in total. The summed E-state index contributed by atoms with van der Waals surface area (Å²) >= 11 is 0. The van der Waals surface area contributed by atoms with Crippen LogP contribution in [0.3, 0.4) is 0 Å². The number of ether oxygens (including phenoxy) is 2. The molecule has 0 aromatic carbocycles. The van der Waals surface area contributed by atoms with Crippen LogP contribution in [0.15, 0.2) is 0 Å². The summed E-state index contributed by atoms with van der Waals surface area (Å²) in [7, 11) is 1.75. The Hall–Kier alpha value is -0.0800. The van der Waals surface area contributed by atoms with E-state index in [0.29, 0.717) is 0 Å². The van der Waals surface area contributed by atoms with Crippen LogP contribution in [0.5, 0.6) is 0 Å². The number of hydrogen-bond donors (Lipinski definition) is 0. The Balaban J connectivity index is 3.84. The van der Waals surface area contributed by atoms with E-state index in [1.165, 1.54) is 193 Å². The third kappa shape index (κ3) is 34.0. The van der Waals surface area contributed by atoms with Gasteiger partial charge in [-0.2, -0.15) is 0 Å². The second-order valence-electron chi connectivity index (χ2n) is 12.7. The Bertz CT molecular complexity index is 382. The molecule has 0 bridgehead atoms. The van der Waals surface area contributed by atoms with E-state index in [-0.39, 0.29) is 0 Å². The Labute approximate surface area is 248 Å². The zero-order chi connectivity index (χ0) is 28.3. The van der Waals surface area contributed by atoms with Gasteiger partial charge in [0.05, 0.1) is 13.2 Å². The lowest BCUT2D eigenvalue weighted by Crippen LogP contribution is -2.04. The molecule has 0 spiro atoms. The van der Waals surface area contributed by atoms with Gasteiger partial charge in [0, 0.05) is 13.7 Å². The molecule has 0 aliphatic rings. The van der Waals surface area contributed by atoms with Crippen molar-refractivity contribution in [2.75, 3.05) is 26.9 Å². The summed E-state index contributed by atoms with van der Waals surface area (Å²) in [4.78, 5) is 0. The largest absolute Gasteiger partial charge is 0.382 e. The quantitative estimate of drug-likeness (QED) is 0.0728. The van der Waals surface area contributed by atoms with E-state index in [1.807, 2.05) is 0 Å². The number of hydrogen-bond acceptors (Lipinski definition) is 2. The monoisotopic (exact) mass is 553 g/mol. The molecule has 236 valence electrons. The van der Waals surface area contributed by atoms with Gasteiger partial charge in [0.25, 0.3) is 0 Å². The SMILES string of the molecule is CCCCCCCCCCCCCCC(CCCCCCCCCCCCCC)CCCCCOCCOC. The van der Waals surface area contributed by atoms with Crippen molar-refractivity contribution in [3.8, 4) is 0 Å². The third-order valence-electron chi connectivity index (χ3n) is 8.76. The van der Waals surface area contributed by atoms with Crippen molar-refractivity contribution in [3.63, 3.8) is 0 Å². The van der Waals surface area contributed by atoms with Crippen LogP contribution in [0, 0.1) is 5.92 Å². The number of methoxy groups -OCH3 is 1. The molecule has 0 saturated carbocycles. The maximum atomic E-state index is 5.65. The molecule has 39 heavy (non-hydrogen) atoms. The standard InChI is InChI=1S/C37H76O2/c1-4-6-8-10-12-14-16-18-20-22-24-27-31-37(33-29-26-30-34-39-36-35-38-3)32-28-25-23-21-19-17-15-13-11-9-7-5-2/h37H,4-36H2,1-3H3. The van der Waals surface area contributed by atoms with Crippen LogP contribution in [0.2, 0.25) is 0 Å². The van der Waals surface area contributed by atoms with Crippen molar-refractivity contribution in [2.24, 2.45) is 5.92 Å². The number of rotatable bonds is 35. The Morgan fingerprint density at radius 1 is 0.333 bits per heavy atom. The van der Waals surface area contributed by atoms with Crippen molar-refractivity contribution in [2.45, 2.75) is 206 Å². The fraction of sp³-hybridized carbons (Fsp3) is 1.00. The van der Waals surface area contributed by atoms with Gasteiger partial charge in [-0.15, -0.1) is 0 Å². The molecular formula is C37H76O2. The molecule has 0 atom stereocenters. The van der Waals surface area contributed by atoms with Crippen LogP contribution in [-0.2, 0) is 9.47 Å². The maximum absolute atomic E-state index is 5.65. The van der Waals surface area contributed by atoms with E-state index >= 15 is 0 Å². The predicted octanol–water partition coefficient (Wildman–Crippen LogP) is 13.0. The van der Waals surface area contributed by atoms with Crippen LogP contribution in [-0.4, -0.2) is 26.9 Å². The molecule has 0 aromatic heterocycles. The first-order valence-corrected chi connectivity index (χ1v) is 18.4. The molecular weight excluding hydrogens is 476 g/mol. The van der Waals surface area contributed by atoms with Gasteiger partial charge >= 0.3 is 0 Å². The van der Waals surface area contributed by atoms with Gasteiger partial charge < -0.3 is 9.47 Å². The Morgan fingerprint density at radius 2 is 0.641 bits per heavy atom. The first kappa shape index (κ1) is 38.9. The highest BCUT2D eigenvalue weighted by Gasteiger charge is 2.09. The molecule has 0 unspecified atom stereocenters. The van der Waals surface area contributed by atoms with Gasteiger partial charge in [0.2, 0.25) is 0 Å². The molecule has 0 aliphatic heterocycles. The minimum Gasteiger partial charge on any atom is -0.382 e. The molecule has 0 fully saturated rings. The van der Waals surface area contributed by atoms with E-state index in [4.69, 9.17) is 9.47 Å². The van der Waals surface area contributed by atoms with Crippen LogP contribution in [0.4, 0.5) is 0 Å². The van der Waals surface area contributed by atoms with Crippen LogP contribution in [0.25, 0.3) is 0 Å². The summed E-state index contributed by atoms with van der Waals surface area (Å²) in [5.74, 6) is 0.977. The Kier molecular flexibility index (Phi) is 35.9. The van der Waals surface area contributed by atoms with Gasteiger partial charge in [-0.1, -0.05) is 200 Å². The molecule has 0 aromatic rings. The summed E-state index contributed by atoms with van der Waals surface area (Å²) in [5, 5.41) is 0. The van der Waals surface area contributed by atoms with Gasteiger partial charge in [-0.05, 0) is 12.3 Å². The number of unbranched alkanes of at least 4 members (excludes halogenated alkanes) is 24. The molecule has 0 aliphatic carbocycles. The lowest BCUT2D eigenvalue weighted by Gasteiger charge is -2.17. The van der Waals surface area contributed by atoms with Gasteiger partial charge in [0.15, 0.2) is 0 Å². The van der Waals surface area contributed by atoms with Crippen molar-refractivity contribution in [1.82, 2.24) is 0 Å². The second kappa shape index (κ2) is 35.9. The Morgan fingerprint density at radius 3 is 0.974 bits per heavy atom. The lowest BCUT2D eigenvalue weighted by atomic mass is 9.89. The normalized spacial score (nSPS) is 11.7. The molecule has 0 saturated heterocycles. The summed E-state index contributed by atoms with van der Waals surface area (Å²) in [6.45, 7) is 7.00. The van der Waals surface area contributed by atoms with E-state index in [2.05, 4.69) is 13.8 Å². The summed E-state index contributed by atoms with van der Waals surface area (Å²) in [6, 6.07) is 0. The van der Waals surface area contributed by atoms with Crippen LogP contribution >= 0.6 is 0 Å². The van der Waals surface area contributed by atoms with Gasteiger partial charge in [-0.3, -0.25) is 0 Å². The third-order valence-corrected chi connectivity index (χ3v) is 8.76. The fourth-order valence-corrected chi connectivity index (χ4v) is 6.04. The molecule has 0 radical (unpaired) electrons. The van der Waals surface area contributed by atoms with Gasteiger partial charge in [-0.25, -0.2) is 0 Å². The van der Waals surface area contributed by atoms with E-state index < -0.39 is 0 Å². The van der Waals surface area contributed by atoms with Crippen molar-refractivity contribution in [3.05, 3.63) is 0 Å². The maximum Gasteiger partial charge on any atom is 0.0700 e. The molecule has 0 rings (SSSR count). The highest BCUT2D eigenvalue weighted by atomic mass is 16.5. The topological polar surface area (TPSA) is 18.5 Å². The van der Waals surface area contributed by atoms with Crippen molar-refractivity contribution in [1.29, 1.82) is 0 Å².